The van der Waals surface area contributed by atoms with E-state index in [0.717, 1.165) is 25.9 Å². The Kier molecular flexibility index (Phi) is 7.78. The molecule has 0 aliphatic carbocycles. The molecule has 0 saturated heterocycles. The zero-order valence-corrected chi connectivity index (χ0v) is 9.53. The van der Waals surface area contributed by atoms with Gasteiger partial charge in [-0.3, -0.25) is 0 Å². The van der Waals surface area contributed by atoms with E-state index in [1.807, 2.05) is 0 Å². The summed E-state index contributed by atoms with van der Waals surface area (Å²) in [4.78, 5) is 2.18. The van der Waals surface area contributed by atoms with Gasteiger partial charge in [0.05, 0.1) is 6.54 Å². The van der Waals surface area contributed by atoms with Gasteiger partial charge in [-0.1, -0.05) is 13.8 Å². The smallest absolute Gasteiger partial charge is 0.307 e. The van der Waals surface area contributed by atoms with Gasteiger partial charge < -0.3 is 10.2 Å². The summed E-state index contributed by atoms with van der Waals surface area (Å²) in [5.41, 5.74) is 0. The molecular weight excluding hydrogens is 205 g/mol. The molecule has 0 fully saturated rings. The molecule has 0 saturated carbocycles. The molecule has 5 heteroatoms. The number of alkyl halides is 3. The quantitative estimate of drug-likeness (QED) is 0.639. The van der Waals surface area contributed by atoms with Gasteiger partial charge in [0.15, 0.2) is 0 Å². The Morgan fingerprint density at radius 2 is 1.53 bits per heavy atom. The maximum Gasteiger partial charge on any atom is 0.401 e. The number of rotatable bonds is 8. The summed E-state index contributed by atoms with van der Waals surface area (Å²) in [6.07, 6.45) is -2.01. The molecular formula is C10H21F3N2. The van der Waals surface area contributed by atoms with E-state index in [4.69, 9.17) is 0 Å². The monoisotopic (exact) mass is 226 g/mol. The van der Waals surface area contributed by atoms with Crippen molar-refractivity contribution in [2.75, 3.05) is 32.7 Å². The Bertz CT molecular complexity index is 142. The summed E-state index contributed by atoms with van der Waals surface area (Å²) in [5.74, 6) is 0. The van der Waals surface area contributed by atoms with Gasteiger partial charge in [0.25, 0.3) is 0 Å². The third-order valence-corrected chi connectivity index (χ3v) is 2.01. The van der Waals surface area contributed by atoms with Gasteiger partial charge in [0.1, 0.15) is 0 Å². The van der Waals surface area contributed by atoms with E-state index in [2.05, 4.69) is 24.1 Å². The first-order chi connectivity index (χ1) is 6.99. The second kappa shape index (κ2) is 7.93. The minimum atomic E-state index is -4.10. The van der Waals surface area contributed by atoms with Crippen LogP contribution in [0.3, 0.4) is 0 Å². The lowest BCUT2D eigenvalue weighted by Crippen LogP contribution is -2.37. The van der Waals surface area contributed by atoms with Crippen molar-refractivity contribution < 1.29 is 13.2 Å². The Labute approximate surface area is 89.8 Å². The van der Waals surface area contributed by atoms with Crippen LogP contribution in [0.15, 0.2) is 0 Å². The van der Waals surface area contributed by atoms with E-state index in [1.54, 1.807) is 0 Å². The number of hydrogen-bond donors (Lipinski definition) is 1. The summed E-state index contributed by atoms with van der Waals surface area (Å²) < 4.78 is 35.4. The van der Waals surface area contributed by atoms with Crippen molar-refractivity contribution in [2.45, 2.75) is 32.9 Å². The van der Waals surface area contributed by atoms with Crippen LogP contribution < -0.4 is 5.32 Å². The summed E-state index contributed by atoms with van der Waals surface area (Å²) in [7, 11) is 0. The molecule has 0 rings (SSSR count). The van der Waals surface area contributed by atoms with Gasteiger partial charge in [0, 0.05) is 13.1 Å². The highest BCUT2D eigenvalue weighted by Crippen LogP contribution is 2.11. The molecule has 0 aromatic carbocycles. The summed E-state index contributed by atoms with van der Waals surface area (Å²) >= 11 is 0. The fourth-order valence-corrected chi connectivity index (χ4v) is 1.44. The van der Waals surface area contributed by atoms with Crippen molar-refractivity contribution >= 4 is 0 Å². The average Bonchev–Trinajstić information content (AvgIpc) is 2.11. The van der Waals surface area contributed by atoms with Crippen molar-refractivity contribution in [3.8, 4) is 0 Å². The van der Waals surface area contributed by atoms with Crippen LogP contribution >= 0.6 is 0 Å². The Morgan fingerprint density at radius 3 is 1.93 bits per heavy atom. The van der Waals surface area contributed by atoms with Gasteiger partial charge in [0.2, 0.25) is 0 Å². The maximum atomic E-state index is 11.8. The van der Waals surface area contributed by atoms with Crippen LogP contribution in [0.2, 0.25) is 0 Å². The lowest BCUT2D eigenvalue weighted by molar-refractivity contribution is -0.124. The molecule has 0 unspecified atom stereocenters. The topological polar surface area (TPSA) is 15.3 Å². The first-order valence-corrected chi connectivity index (χ1v) is 5.49. The van der Waals surface area contributed by atoms with Crippen molar-refractivity contribution in [1.82, 2.24) is 10.2 Å². The molecule has 92 valence electrons. The van der Waals surface area contributed by atoms with Crippen LogP contribution in [-0.2, 0) is 0 Å². The Balaban J connectivity index is 3.52. The molecule has 15 heavy (non-hydrogen) atoms. The molecule has 0 heterocycles. The normalized spacial score (nSPS) is 12.4. The van der Waals surface area contributed by atoms with Crippen LogP contribution in [0.1, 0.15) is 26.7 Å². The molecule has 0 aliphatic rings. The molecule has 0 amide bonds. The van der Waals surface area contributed by atoms with E-state index in [0.29, 0.717) is 13.1 Å². The number of halogens is 3. The van der Waals surface area contributed by atoms with Gasteiger partial charge in [-0.25, -0.2) is 0 Å². The largest absolute Gasteiger partial charge is 0.401 e. The summed E-state index contributed by atoms with van der Waals surface area (Å²) in [5, 5.41) is 2.41. The summed E-state index contributed by atoms with van der Waals surface area (Å²) in [6.45, 7) is 6.27. The second-order valence-corrected chi connectivity index (χ2v) is 3.63. The molecule has 1 N–H and O–H groups in total. The number of nitrogens with zero attached hydrogens (tertiary/aromatic N) is 1. The van der Waals surface area contributed by atoms with Crippen LogP contribution in [0, 0.1) is 0 Å². The molecule has 0 spiro atoms. The highest BCUT2D eigenvalue weighted by Gasteiger charge is 2.25. The summed E-state index contributed by atoms with van der Waals surface area (Å²) in [6, 6.07) is 0. The first-order valence-electron chi connectivity index (χ1n) is 5.49. The molecule has 0 atom stereocenters. The van der Waals surface area contributed by atoms with Gasteiger partial charge >= 0.3 is 6.18 Å². The lowest BCUT2D eigenvalue weighted by atomic mass is 10.3. The van der Waals surface area contributed by atoms with Crippen LogP contribution in [-0.4, -0.2) is 43.8 Å². The van der Waals surface area contributed by atoms with Crippen molar-refractivity contribution in [2.24, 2.45) is 0 Å². The van der Waals surface area contributed by atoms with E-state index in [1.165, 1.54) is 0 Å². The molecule has 0 radical (unpaired) electrons. The van der Waals surface area contributed by atoms with Crippen molar-refractivity contribution in [1.29, 1.82) is 0 Å². The van der Waals surface area contributed by atoms with Gasteiger partial charge in [-0.05, 0) is 25.9 Å². The van der Waals surface area contributed by atoms with Crippen LogP contribution in [0.25, 0.3) is 0 Å². The SMILES string of the molecule is CCCN(CCC)CCNCC(F)(F)F. The molecule has 0 aromatic heterocycles. The van der Waals surface area contributed by atoms with E-state index in [-0.39, 0.29) is 0 Å². The van der Waals surface area contributed by atoms with E-state index in [9.17, 15) is 13.2 Å². The lowest BCUT2D eigenvalue weighted by Gasteiger charge is -2.21. The zero-order valence-electron chi connectivity index (χ0n) is 9.53. The number of hydrogen-bond acceptors (Lipinski definition) is 2. The number of nitrogens with one attached hydrogen (secondary N) is 1. The predicted octanol–water partition coefficient (Wildman–Crippen LogP) is 2.26. The molecule has 0 aromatic rings. The third-order valence-electron chi connectivity index (χ3n) is 2.01. The molecule has 0 aliphatic heterocycles. The minimum absolute atomic E-state index is 0.402. The first kappa shape index (κ1) is 14.7. The third kappa shape index (κ3) is 10.0. The Hall–Kier alpha value is -0.290. The van der Waals surface area contributed by atoms with Crippen molar-refractivity contribution in [3.05, 3.63) is 0 Å². The van der Waals surface area contributed by atoms with Gasteiger partial charge in [-0.15, -0.1) is 0 Å². The predicted molar refractivity (Wildman–Crippen MR) is 55.9 cm³/mol. The Morgan fingerprint density at radius 1 is 1.00 bits per heavy atom. The van der Waals surface area contributed by atoms with Crippen molar-refractivity contribution in [3.63, 3.8) is 0 Å². The van der Waals surface area contributed by atoms with Crippen LogP contribution in [0.5, 0.6) is 0 Å². The molecule has 2 nitrogen and oxygen atoms in total. The van der Waals surface area contributed by atoms with E-state index >= 15 is 0 Å². The van der Waals surface area contributed by atoms with Crippen LogP contribution in [0.4, 0.5) is 13.2 Å². The fourth-order valence-electron chi connectivity index (χ4n) is 1.44. The highest BCUT2D eigenvalue weighted by molar-refractivity contribution is 4.61. The fraction of sp³-hybridized carbons (Fsp3) is 1.00. The second-order valence-electron chi connectivity index (χ2n) is 3.63. The minimum Gasteiger partial charge on any atom is -0.307 e. The highest BCUT2D eigenvalue weighted by atomic mass is 19.4. The maximum absolute atomic E-state index is 11.8. The van der Waals surface area contributed by atoms with E-state index < -0.39 is 12.7 Å². The average molecular weight is 226 g/mol. The standard InChI is InChI=1S/C10H21F3N2/c1-3-6-15(7-4-2)8-5-14-9-10(11,12)13/h14H,3-9H2,1-2H3. The van der Waals surface area contributed by atoms with Gasteiger partial charge in [-0.2, -0.15) is 13.2 Å². The zero-order chi connectivity index (χ0) is 11.7. The molecule has 0 bridgehead atoms.